The van der Waals surface area contributed by atoms with Crippen molar-refractivity contribution in [2.75, 3.05) is 32.1 Å². The molecule has 7 nitrogen and oxygen atoms in total. The third-order valence-corrected chi connectivity index (χ3v) is 2.17. The van der Waals surface area contributed by atoms with Gasteiger partial charge in [-0.25, -0.2) is 0 Å². The minimum Gasteiger partial charge on any atom is -0.465 e. The van der Waals surface area contributed by atoms with Crippen LogP contribution >= 0.6 is 0 Å². The first kappa shape index (κ1) is 13.9. The highest BCUT2D eigenvalue weighted by atomic mass is 16.5. The SMILES string of the molecule is CCOC(=O)CN(C)c1ccc(C(=O)NC)nn1. The summed E-state index contributed by atoms with van der Waals surface area (Å²) in [5.74, 6) is -0.144. The molecule has 1 heterocycles. The Bertz CT molecular complexity index is 419. The lowest BCUT2D eigenvalue weighted by molar-refractivity contribution is -0.141. The highest BCUT2D eigenvalue weighted by Crippen LogP contribution is 2.07. The van der Waals surface area contributed by atoms with Gasteiger partial charge in [0.1, 0.15) is 6.54 Å². The Morgan fingerprint density at radius 3 is 2.61 bits per heavy atom. The van der Waals surface area contributed by atoms with E-state index in [1.54, 1.807) is 31.0 Å². The molecule has 0 aliphatic heterocycles. The Kier molecular flexibility index (Phi) is 5.04. The molecule has 0 bridgehead atoms. The van der Waals surface area contributed by atoms with E-state index >= 15 is 0 Å². The van der Waals surface area contributed by atoms with Crippen LogP contribution in [0.4, 0.5) is 5.82 Å². The molecule has 0 aliphatic rings. The number of nitrogens with zero attached hydrogens (tertiary/aromatic N) is 3. The van der Waals surface area contributed by atoms with E-state index in [-0.39, 0.29) is 24.1 Å². The van der Waals surface area contributed by atoms with Crippen LogP contribution in [0.25, 0.3) is 0 Å². The van der Waals surface area contributed by atoms with Crippen LogP contribution in [0.3, 0.4) is 0 Å². The molecule has 0 atom stereocenters. The number of rotatable bonds is 5. The van der Waals surface area contributed by atoms with E-state index in [4.69, 9.17) is 4.74 Å². The van der Waals surface area contributed by atoms with Gasteiger partial charge in [0.25, 0.3) is 5.91 Å². The normalized spacial score (nSPS) is 9.72. The number of carbonyl (C=O) groups excluding carboxylic acids is 2. The molecular formula is C11H16N4O3. The smallest absolute Gasteiger partial charge is 0.325 e. The fourth-order valence-electron chi connectivity index (χ4n) is 1.26. The molecule has 0 saturated carbocycles. The molecule has 0 fully saturated rings. The van der Waals surface area contributed by atoms with Crippen molar-refractivity contribution in [1.29, 1.82) is 0 Å². The predicted molar refractivity (Wildman–Crippen MR) is 65.3 cm³/mol. The molecule has 0 aliphatic carbocycles. The van der Waals surface area contributed by atoms with Gasteiger partial charge in [-0.2, -0.15) is 0 Å². The standard InChI is InChI=1S/C11H16N4O3/c1-4-18-10(16)7-15(3)9-6-5-8(13-14-9)11(17)12-2/h5-6H,4,7H2,1-3H3,(H,12,17). The Morgan fingerprint density at radius 2 is 2.11 bits per heavy atom. The van der Waals surface area contributed by atoms with E-state index in [0.29, 0.717) is 12.4 Å². The Labute approximate surface area is 105 Å². The number of ether oxygens (including phenoxy) is 1. The first-order valence-electron chi connectivity index (χ1n) is 5.51. The fourth-order valence-corrected chi connectivity index (χ4v) is 1.26. The van der Waals surface area contributed by atoms with Gasteiger partial charge >= 0.3 is 5.97 Å². The van der Waals surface area contributed by atoms with Crippen molar-refractivity contribution in [3.63, 3.8) is 0 Å². The Hall–Kier alpha value is -2.18. The van der Waals surface area contributed by atoms with Gasteiger partial charge in [0, 0.05) is 14.1 Å². The molecule has 0 spiro atoms. The second-order valence-corrected chi connectivity index (χ2v) is 3.52. The zero-order chi connectivity index (χ0) is 13.5. The maximum atomic E-state index is 11.3. The van der Waals surface area contributed by atoms with E-state index in [2.05, 4.69) is 15.5 Å². The molecule has 0 radical (unpaired) electrons. The van der Waals surface area contributed by atoms with Crippen molar-refractivity contribution in [3.05, 3.63) is 17.8 Å². The summed E-state index contributed by atoms with van der Waals surface area (Å²) in [6.45, 7) is 2.17. The molecule has 1 amide bonds. The number of anilines is 1. The summed E-state index contributed by atoms with van der Waals surface area (Å²) in [7, 11) is 3.21. The summed E-state index contributed by atoms with van der Waals surface area (Å²) in [4.78, 5) is 24.1. The monoisotopic (exact) mass is 252 g/mol. The third kappa shape index (κ3) is 3.69. The number of hydrogen-bond acceptors (Lipinski definition) is 6. The maximum absolute atomic E-state index is 11.3. The molecule has 1 aromatic heterocycles. The van der Waals surface area contributed by atoms with Crippen LogP contribution in [-0.4, -0.2) is 49.3 Å². The molecule has 18 heavy (non-hydrogen) atoms. The van der Waals surface area contributed by atoms with Gasteiger partial charge in [-0.05, 0) is 19.1 Å². The number of carbonyl (C=O) groups is 2. The highest BCUT2D eigenvalue weighted by Gasteiger charge is 2.11. The number of amides is 1. The lowest BCUT2D eigenvalue weighted by Crippen LogP contribution is -2.28. The van der Waals surface area contributed by atoms with Crippen molar-refractivity contribution in [3.8, 4) is 0 Å². The molecule has 0 unspecified atom stereocenters. The number of nitrogens with one attached hydrogen (secondary N) is 1. The summed E-state index contributed by atoms with van der Waals surface area (Å²) in [5, 5.41) is 10.1. The van der Waals surface area contributed by atoms with Crippen LogP contribution in [0.5, 0.6) is 0 Å². The van der Waals surface area contributed by atoms with Crippen LogP contribution < -0.4 is 10.2 Å². The molecule has 7 heteroatoms. The first-order valence-corrected chi connectivity index (χ1v) is 5.51. The Morgan fingerprint density at radius 1 is 1.39 bits per heavy atom. The van der Waals surface area contributed by atoms with Gasteiger partial charge in [-0.15, -0.1) is 10.2 Å². The molecule has 1 rings (SSSR count). The Balaban J connectivity index is 2.67. The van der Waals surface area contributed by atoms with Crippen LogP contribution in [-0.2, 0) is 9.53 Å². The second-order valence-electron chi connectivity index (χ2n) is 3.52. The molecule has 0 saturated heterocycles. The summed E-state index contributed by atoms with van der Waals surface area (Å²) in [5.41, 5.74) is 0.228. The quantitative estimate of drug-likeness (QED) is 0.733. The van der Waals surface area contributed by atoms with E-state index < -0.39 is 0 Å². The van der Waals surface area contributed by atoms with Crippen LogP contribution in [0, 0.1) is 0 Å². The highest BCUT2D eigenvalue weighted by molar-refractivity contribution is 5.91. The summed E-state index contributed by atoms with van der Waals surface area (Å²) >= 11 is 0. The van der Waals surface area contributed by atoms with Gasteiger partial charge in [0.15, 0.2) is 11.5 Å². The van der Waals surface area contributed by atoms with Crippen molar-refractivity contribution in [2.24, 2.45) is 0 Å². The largest absolute Gasteiger partial charge is 0.465 e. The molecule has 1 aromatic rings. The fraction of sp³-hybridized carbons (Fsp3) is 0.455. The van der Waals surface area contributed by atoms with Gasteiger partial charge in [0.2, 0.25) is 0 Å². The average Bonchev–Trinajstić information content (AvgIpc) is 2.38. The number of hydrogen-bond donors (Lipinski definition) is 1. The lowest BCUT2D eigenvalue weighted by atomic mass is 10.3. The van der Waals surface area contributed by atoms with Crippen molar-refractivity contribution in [2.45, 2.75) is 6.92 Å². The van der Waals surface area contributed by atoms with Crippen molar-refractivity contribution >= 4 is 17.7 Å². The predicted octanol–water partition coefficient (Wildman–Crippen LogP) is -0.164. The van der Waals surface area contributed by atoms with Gasteiger partial charge in [-0.3, -0.25) is 9.59 Å². The van der Waals surface area contributed by atoms with Gasteiger partial charge in [-0.1, -0.05) is 0 Å². The third-order valence-electron chi connectivity index (χ3n) is 2.17. The molecule has 1 N–H and O–H groups in total. The zero-order valence-corrected chi connectivity index (χ0v) is 10.6. The lowest BCUT2D eigenvalue weighted by Gasteiger charge is -2.16. The molecule has 0 aromatic carbocycles. The number of likely N-dealkylation sites (N-methyl/N-ethyl adjacent to an activating group) is 1. The summed E-state index contributed by atoms with van der Waals surface area (Å²) in [6.07, 6.45) is 0. The minimum atomic E-state index is -0.336. The minimum absolute atomic E-state index is 0.0852. The van der Waals surface area contributed by atoms with Crippen molar-refractivity contribution < 1.29 is 14.3 Å². The maximum Gasteiger partial charge on any atom is 0.325 e. The number of esters is 1. The average molecular weight is 252 g/mol. The van der Waals surface area contributed by atoms with Crippen LogP contribution in [0.15, 0.2) is 12.1 Å². The summed E-state index contributed by atoms with van der Waals surface area (Å²) in [6, 6.07) is 3.17. The van der Waals surface area contributed by atoms with E-state index in [1.807, 2.05) is 0 Å². The second kappa shape index (κ2) is 6.53. The molecular weight excluding hydrogens is 236 g/mol. The topological polar surface area (TPSA) is 84.4 Å². The number of aromatic nitrogens is 2. The van der Waals surface area contributed by atoms with Crippen molar-refractivity contribution in [1.82, 2.24) is 15.5 Å². The van der Waals surface area contributed by atoms with Crippen LogP contribution in [0.1, 0.15) is 17.4 Å². The van der Waals surface area contributed by atoms with E-state index in [9.17, 15) is 9.59 Å². The molecule has 98 valence electrons. The first-order chi connectivity index (χ1) is 8.58. The van der Waals surface area contributed by atoms with Gasteiger partial charge in [0.05, 0.1) is 6.61 Å². The van der Waals surface area contributed by atoms with Gasteiger partial charge < -0.3 is 15.0 Å². The zero-order valence-electron chi connectivity index (χ0n) is 10.6. The van der Waals surface area contributed by atoms with Crippen LogP contribution in [0.2, 0.25) is 0 Å². The van der Waals surface area contributed by atoms with E-state index in [0.717, 1.165) is 0 Å². The van der Waals surface area contributed by atoms with E-state index in [1.165, 1.54) is 7.05 Å². The summed E-state index contributed by atoms with van der Waals surface area (Å²) < 4.78 is 4.82.